The summed E-state index contributed by atoms with van der Waals surface area (Å²) in [5.41, 5.74) is 1.19. The number of anilines is 1. The van der Waals surface area contributed by atoms with Crippen molar-refractivity contribution in [2.45, 2.75) is 18.1 Å². The molecular formula is C12H11ClN2O4S2. The maximum atomic E-state index is 12.3. The Balaban J connectivity index is 2.44. The van der Waals surface area contributed by atoms with Gasteiger partial charge in [0, 0.05) is 6.20 Å². The zero-order valence-corrected chi connectivity index (χ0v) is 13.4. The summed E-state index contributed by atoms with van der Waals surface area (Å²) in [5, 5.41) is 9.02. The predicted molar refractivity (Wildman–Crippen MR) is 80.8 cm³/mol. The number of pyridine rings is 1. The molecule has 0 spiro atoms. The molecule has 0 aromatic carbocycles. The average Bonchev–Trinajstić information content (AvgIpc) is 2.77. The van der Waals surface area contributed by atoms with Gasteiger partial charge in [-0.3, -0.25) is 4.72 Å². The predicted octanol–water partition coefficient (Wildman–Crippen LogP) is 2.91. The van der Waals surface area contributed by atoms with Gasteiger partial charge in [-0.15, -0.1) is 11.3 Å². The molecule has 6 nitrogen and oxygen atoms in total. The highest BCUT2D eigenvalue weighted by atomic mass is 35.5. The van der Waals surface area contributed by atoms with Crippen LogP contribution in [0.3, 0.4) is 0 Å². The Bertz CT molecular complexity index is 794. The number of aromatic carboxylic acids is 1. The zero-order valence-electron chi connectivity index (χ0n) is 11.0. The van der Waals surface area contributed by atoms with Crippen molar-refractivity contribution in [3.8, 4) is 0 Å². The molecule has 0 bridgehead atoms. The zero-order chi connectivity index (χ0) is 15.8. The van der Waals surface area contributed by atoms with Crippen LogP contribution in [-0.4, -0.2) is 24.5 Å². The molecule has 0 saturated heterocycles. The van der Waals surface area contributed by atoms with Crippen molar-refractivity contribution in [1.29, 1.82) is 0 Å². The Morgan fingerprint density at radius 2 is 2.05 bits per heavy atom. The van der Waals surface area contributed by atoms with Gasteiger partial charge in [-0.2, -0.15) is 0 Å². The summed E-state index contributed by atoms with van der Waals surface area (Å²) in [5.74, 6) is -1.16. The quantitative estimate of drug-likeness (QED) is 0.830. The standard InChI is InChI=1S/C12H11ClN2O4S2/c1-6-3-4-14-11(13)9(6)15-21(18,19)8-5-7(2)10(20-8)12(16)17/h3-5,15H,1-2H3,(H,16,17). The molecule has 21 heavy (non-hydrogen) atoms. The second kappa shape index (κ2) is 5.63. The number of nitrogens with zero attached hydrogens (tertiary/aromatic N) is 1. The molecule has 2 heterocycles. The minimum atomic E-state index is -3.91. The molecule has 0 amide bonds. The smallest absolute Gasteiger partial charge is 0.346 e. The third kappa shape index (κ3) is 3.17. The number of hydrogen-bond donors (Lipinski definition) is 2. The number of sulfonamides is 1. The van der Waals surface area contributed by atoms with Gasteiger partial charge in [-0.05, 0) is 37.1 Å². The van der Waals surface area contributed by atoms with Crippen molar-refractivity contribution in [3.63, 3.8) is 0 Å². The van der Waals surface area contributed by atoms with Crippen LogP contribution in [0.25, 0.3) is 0 Å². The molecule has 2 aromatic rings. The summed E-state index contributed by atoms with van der Waals surface area (Å²) in [6.45, 7) is 3.23. The number of carboxylic acids is 1. The number of hydrogen-bond acceptors (Lipinski definition) is 5. The average molecular weight is 347 g/mol. The molecule has 0 fully saturated rings. The number of carboxylic acid groups (broad SMARTS) is 1. The normalized spacial score (nSPS) is 11.4. The lowest BCUT2D eigenvalue weighted by Crippen LogP contribution is -2.13. The van der Waals surface area contributed by atoms with Crippen LogP contribution >= 0.6 is 22.9 Å². The first kappa shape index (κ1) is 15.7. The number of nitrogens with one attached hydrogen (secondary N) is 1. The molecule has 0 atom stereocenters. The largest absolute Gasteiger partial charge is 0.477 e. The van der Waals surface area contributed by atoms with Crippen molar-refractivity contribution in [2.24, 2.45) is 0 Å². The van der Waals surface area contributed by atoms with Gasteiger partial charge in [0.15, 0.2) is 5.15 Å². The molecule has 0 unspecified atom stereocenters. The summed E-state index contributed by atoms with van der Waals surface area (Å²) in [7, 11) is -3.91. The highest BCUT2D eigenvalue weighted by Crippen LogP contribution is 2.30. The van der Waals surface area contributed by atoms with Gasteiger partial charge in [0.25, 0.3) is 10.0 Å². The van der Waals surface area contributed by atoms with Crippen LogP contribution in [0.1, 0.15) is 20.8 Å². The van der Waals surface area contributed by atoms with Crippen LogP contribution in [-0.2, 0) is 10.0 Å². The van der Waals surface area contributed by atoms with Crippen molar-refractivity contribution in [3.05, 3.63) is 39.5 Å². The molecule has 0 radical (unpaired) electrons. The van der Waals surface area contributed by atoms with Gasteiger partial charge < -0.3 is 5.11 Å². The van der Waals surface area contributed by atoms with E-state index in [9.17, 15) is 13.2 Å². The van der Waals surface area contributed by atoms with E-state index in [1.54, 1.807) is 19.9 Å². The molecule has 9 heteroatoms. The summed E-state index contributed by atoms with van der Waals surface area (Å²) in [6.07, 6.45) is 1.47. The molecule has 2 aromatic heterocycles. The minimum absolute atomic E-state index is 0.00983. The maximum Gasteiger partial charge on any atom is 0.346 e. The van der Waals surface area contributed by atoms with E-state index in [0.29, 0.717) is 22.5 Å². The summed E-state index contributed by atoms with van der Waals surface area (Å²) in [6, 6.07) is 2.93. The van der Waals surface area contributed by atoms with E-state index in [2.05, 4.69) is 9.71 Å². The number of aryl methyl sites for hydroxylation is 2. The van der Waals surface area contributed by atoms with Gasteiger partial charge in [0.2, 0.25) is 0 Å². The van der Waals surface area contributed by atoms with E-state index in [0.717, 1.165) is 0 Å². The molecule has 0 aliphatic heterocycles. The van der Waals surface area contributed by atoms with Crippen molar-refractivity contribution < 1.29 is 18.3 Å². The first-order chi connectivity index (χ1) is 9.72. The van der Waals surface area contributed by atoms with Gasteiger partial charge in [0.1, 0.15) is 9.09 Å². The Labute approximate surface area is 130 Å². The monoisotopic (exact) mass is 346 g/mol. The Morgan fingerprint density at radius 3 is 2.57 bits per heavy atom. The highest BCUT2D eigenvalue weighted by Gasteiger charge is 2.23. The van der Waals surface area contributed by atoms with Crippen molar-refractivity contribution in [1.82, 2.24) is 4.98 Å². The second-order valence-electron chi connectivity index (χ2n) is 4.28. The number of thiophene rings is 1. The first-order valence-electron chi connectivity index (χ1n) is 5.70. The molecule has 0 aliphatic carbocycles. The Morgan fingerprint density at radius 1 is 1.38 bits per heavy atom. The van der Waals surface area contributed by atoms with Gasteiger partial charge in [-0.1, -0.05) is 11.6 Å². The topological polar surface area (TPSA) is 96.4 Å². The van der Waals surface area contributed by atoms with E-state index in [-0.39, 0.29) is 19.9 Å². The molecule has 112 valence electrons. The van der Waals surface area contributed by atoms with E-state index in [1.807, 2.05) is 0 Å². The number of aromatic nitrogens is 1. The van der Waals surface area contributed by atoms with Crippen LogP contribution in [0, 0.1) is 13.8 Å². The van der Waals surface area contributed by atoms with Crippen LogP contribution < -0.4 is 4.72 Å². The lowest BCUT2D eigenvalue weighted by Gasteiger charge is -2.09. The van der Waals surface area contributed by atoms with Crippen LogP contribution in [0.5, 0.6) is 0 Å². The van der Waals surface area contributed by atoms with Crippen LogP contribution in [0.15, 0.2) is 22.5 Å². The summed E-state index contributed by atoms with van der Waals surface area (Å²) < 4.78 is 26.9. The fourth-order valence-electron chi connectivity index (χ4n) is 1.63. The molecule has 0 aliphatic rings. The highest BCUT2D eigenvalue weighted by molar-refractivity contribution is 7.94. The Hall–Kier alpha value is -1.64. The number of halogens is 1. The van der Waals surface area contributed by atoms with Gasteiger partial charge >= 0.3 is 5.97 Å². The fraction of sp³-hybridized carbons (Fsp3) is 0.167. The second-order valence-corrected chi connectivity index (χ2v) is 7.60. The summed E-state index contributed by atoms with van der Waals surface area (Å²) >= 11 is 6.57. The van der Waals surface area contributed by atoms with E-state index < -0.39 is 16.0 Å². The lowest BCUT2D eigenvalue weighted by atomic mass is 10.3. The maximum absolute atomic E-state index is 12.3. The third-order valence-corrected chi connectivity index (χ3v) is 6.04. The summed E-state index contributed by atoms with van der Waals surface area (Å²) in [4.78, 5) is 14.8. The minimum Gasteiger partial charge on any atom is -0.477 e. The van der Waals surface area contributed by atoms with Gasteiger partial charge in [-0.25, -0.2) is 18.2 Å². The molecule has 0 saturated carbocycles. The fourth-order valence-corrected chi connectivity index (χ4v) is 4.46. The van der Waals surface area contributed by atoms with E-state index >= 15 is 0 Å². The SMILES string of the molecule is Cc1cc(S(=O)(=O)Nc2c(C)ccnc2Cl)sc1C(=O)O. The Kier molecular flexibility index (Phi) is 4.22. The molecule has 2 rings (SSSR count). The third-order valence-electron chi connectivity index (χ3n) is 2.70. The molecular weight excluding hydrogens is 336 g/mol. The van der Waals surface area contributed by atoms with Gasteiger partial charge in [0.05, 0.1) is 5.69 Å². The molecule has 2 N–H and O–H groups in total. The van der Waals surface area contributed by atoms with Crippen molar-refractivity contribution in [2.75, 3.05) is 4.72 Å². The van der Waals surface area contributed by atoms with Crippen LogP contribution in [0.2, 0.25) is 5.15 Å². The van der Waals surface area contributed by atoms with E-state index in [4.69, 9.17) is 16.7 Å². The number of carbonyl (C=O) groups is 1. The lowest BCUT2D eigenvalue weighted by molar-refractivity contribution is 0.0701. The first-order valence-corrected chi connectivity index (χ1v) is 8.38. The number of rotatable bonds is 4. The van der Waals surface area contributed by atoms with E-state index in [1.165, 1.54) is 12.3 Å². The van der Waals surface area contributed by atoms with Crippen LogP contribution in [0.4, 0.5) is 5.69 Å². The van der Waals surface area contributed by atoms with Crippen molar-refractivity contribution >= 4 is 44.6 Å².